The third-order valence-electron chi connectivity index (χ3n) is 4.33. The standard InChI is InChI=1S/C20H19ClN2O3S2/c1-2-3-8-15(18(22)24)23-19(25)17(28-20(23)27)11-12-9-10-16(26-12)13-6-4-5-7-14(13)21/h4-7,9-11,15H,2-3,8H2,1H3,(H2,22,24). The number of nitrogens with two attached hydrogens (primary N) is 1. The summed E-state index contributed by atoms with van der Waals surface area (Å²) in [6.07, 6.45) is 3.79. The zero-order chi connectivity index (χ0) is 20.3. The highest BCUT2D eigenvalue weighted by atomic mass is 35.5. The summed E-state index contributed by atoms with van der Waals surface area (Å²) in [7, 11) is 0. The van der Waals surface area contributed by atoms with E-state index in [4.69, 9.17) is 34.0 Å². The molecule has 1 aromatic heterocycles. The Balaban J connectivity index is 1.84. The van der Waals surface area contributed by atoms with Crippen LogP contribution >= 0.6 is 35.6 Å². The predicted molar refractivity (Wildman–Crippen MR) is 117 cm³/mol. The van der Waals surface area contributed by atoms with Gasteiger partial charge in [0, 0.05) is 11.6 Å². The molecule has 1 aliphatic heterocycles. The molecule has 1 unspecified atom stereocenters. The number of unbranched alkanes of at least 4 members (excludes halogenated alkanes) is 1. The van der Waals surface area contributed by atoms with Crippen molar-refractivity contribution in [3.8, 4) is 11.3 Å². The molecule has 3 rings (SSSR count). The number of hydrogen-bond donors (Lipinski definition) is 1. The molecular formula is C20H19ClN2O3S2. The number of nitrogens with zero attached hydrogens (tertiary/aromatic N) is 1. The van der Waals surface area contributed by atoms with E-state index in [1.807, 2.05) is 25.1 Å². The summed E-state index contributed by atoms with van der Waals surface area (Å²) in [4.78, 5) is 26.4. The van der Waals surface area contributed by atoms with Crippen LogP contribution in [0.25, 0.3) is 17.4 Å². The molecule has 0 bridgehead atoms. The first-order valence-corrected chi connectivity index (χ1v) is 10.4. The van der Waals surface area contributed by atoms with E-state index in [1.165, 1.54) is 4.90 Å². The van der Waals surface area contributed by atoms with Gasteiger partial charge in [0.2, 0.25) is 5.91 Å². The van der Waals surface area contributed by atoms with Crippen LogP contribution in [0.4, 0.5) is 0 Å². The number of thiocarbonyl (C=S) groups is 1. The van der Waals surface area contributed by atoms with Crippen LogP contribution in [0.1, 0.15) is 31.9 Å². The Morgan fingerprint density at radius 1 is 1.36 bits per heavy atom. The molecule has 1 fully saturated rings. The second-order valence-corrected chi connectivity index (χ2v) is 8.38. The molecule has 1 saturated heterocycles. The zero-order valence-corrected chi connectivity index (χ0v) is 17.6. The van der Waals surface area contributed by atoms with Crippen molar-refractivity contribution in [1.29, 1.82) is 0 Å². The van der Waals surface area contributed by atoms with Gasteiger partial charge in [0.15, 0.2) is 0 Å². The molecule has 146 valence electrons. The monoisotopic (exact) mass is 434 g/mol. The molecule has 28 heavy (non-hydrogen) atoms. The Hall–Kier alpha value is -2.09. The minimum atomic E-state index is -0.728. The van der Waals surface area contributed by atoms with Gasteiger partial charge in [-0.1, -0.05) is 67.5 Å². The van der Waals surface area contributed by atoms with Crippen molar-refractivity contribution in [3.63, 3.8) is 0 Å². The normalized spacial score (nSPS) is 16.8. The largest absolute Gasteiger partial charge is 0.457 e. The van der Waals surface area contributed by atoms with E-state index < -0.39 is 11.9 Å². The fourth-order valence-electron chi connectivity index (χ4n) is 2.91. The molecule has 2 N–H and O–H groups in total. The minimum absolute atomic E-state index is 0.328. The summed E-state index contributed by atoms with van der Waals surface area (Å²) in [5.41, 5.74) is 6.28. The van der Waals surface area contributed by atoms with E-state index in [9.17, 15) is 9.59 Å². The van der Waals surface area contributed by atoms with Crippen LogP contribution in [0.5, 0.6) is 0 Å². The summed E-state index contributed by atoms with van der Waals surface area (Å²) in [5, 5.41) is 0.579. The van der Waals surface area contributed by atoms with Crippen molar-refractivity contribution in [3.05, 3.63) is 52.1 Å². The van der Waals surface area contributed by atoms with E-state index >= 15 is 0 Å². The van der Waals surface area contributed by atoms with Crippen LogP contribution in [0.3, 0.4) is 0 Å². The average Bonchev–Trinajstić information content (AvgIpc) is 3.22. The van der Waals surface area contributed by atoms with Gasteiger partial charge in [-0.25, -0.2) is 0 Å². The smallest absolute Gasteiger partial charge is 0.267 e. The van der Waals surface area contributed by atoms with Crippen molar-refractivity contribution < 1.29 is 14.0 Å². The molecule has 1 aromatic carbocycles. The molecule has 2 aromatic rings. The number of rotatable bonds is 7. The Labute approximate surface area is 177 Å². The number of primary amides is 1. The highest BCUT2D eigenvalue weighted by Crippen LogP contribution is 2.36. The van der Waals surface area contributed by atoms with Crippen LogP contribution in [0, 0.1) is 0 Å². The molecule has 1 aliphatic rings. The van der Waals surface area contributed by atoms with Gasteiger partial charge in [0.25, 0.3) is 5.91 Å². The van der Waals surface area contributed by atoms with E-state index in [0.29, 0.717) is 32.2 Å². The molecule has 0 radical (unpaired) electrons. The molecule has 1 atom stereocenters. The fourth-order valence-corrected chi connectivity index (χ4v) is 4.48. The van der Waals surface area contributed by atoms with E-state index in [1.54, 1.807) is 24.3 Å². The number of furan rings is 1. The number of carbonyl (C=O) groups excluding carboxylic acids is 2. The van der Waals surface area contributed by atoms with Gasteiger partial charge in [-0.15, -0.1) is 0 Å². The average molecular weight is 435 g/mol. The topological polar surface area (TPSA) is 76.5 Å². The molecule has 5 nitrogen and oxygen atoms in total. The number of halogens is 1. The van der Waals surface area contributed by atoms with Crippen LogP contribution in [-0.4, -0.2) is 27.1 Å². The SMILES string of the molecule is CCCCC(C(N)=O)N1C(=O)C(=Cc2ccc(-c3ccccc3Cl)o2)SC1=S. The first-order chi connectivity index (χ1) is 13.4. The van der Waals surface area contributed by atoms with Crippen LogP contribution in [0.2, 0.25) is 5.02 Å². The first kappa shape index (κ1) is 20.6. The molecule has 8 heteroatoms. The molecule has 0 aliphatic carbocycles. The third-order valence-corrected chi connectivity index (χ3v) is 5.99. The third kappa shape index (κ3) is 4.32. The summed E-state index contributed by atoms with van der Waals surface area (Å²) in [6, 6.07) is 10.2. The Morgan fingerprint density at radius 3 is 2.79 bits per heavy atom. The zero-order valence-electron chi connectivity index (χ0n) is 15.2. The van der Waals surface area contributed by atoms with Gasteiger partial charge < -0.3 is 10.2 Å². The van der Waals surface area contributed by atoms with Crippen LogP contribution in [0.15, 0.2) is 45.7 Å². The van der Waals surface area contributed by atoms with Crippen molar-refractivity contribution in [2.75, 3.05) is 0 Å². The molecule has 2 heterocycles. The predicted octanol–water partition coefficient (Wildman–Crippen LogP) is 4.85. The second kappa shape index (κ2) is 8.94. The quantitative estimate of drug-likeness (QED) is 0.498. The van der Waals surface area contributed by atoms with E-state index in [2.05, 4.69) is 0 Å². The van der Waals surface area contributed by atoms with Crippen molar-refractivity contribution in [2.24, 2.45) is 5.73 Å². The highest BCUT2D eigenvalue weighted by molar-refractivity contribution is 8.26. The number of thioether (sulfide) groups is 1. The fraction of sp³-hybridized carbons (Fsp3) is 0.250. The molecule has 2 amide bonds. The van der Waals surface area contributed by atoms with Gasteiger partial charge in [0.1, 0.15) is 21.9 Å². The Morgan fingerprint density at radius 2 is 2.11 bits per heavy atom. The van der Waals surface area contributed by atoms with Crippen LogP contribution in [-0.2, 0) is 9.59 Å². The molecule has 0 spiro atoms. The maximum atomic E-state index is 12.8. The van der Waals surface area contributed by atoms with Gasteiger partial charge in [-0.3, -0.25) is 14.5 Å². The van der Waals surface area contributed by atoms with Crippen molar-refractivity contribution >= 4 is 57.8 Å². The minimum Gasteiger partial charge on any atom is -0.457 e. The highest BCUT2D eigenvalue weighted by Gasteiger charge is 2.39. The van der Waals surface area contributed by atoms with Crippen molar-refractivity contribution in [1.82, 2.24) is 4.90 Å². The lowest BCUT2D eigenvalue weighted by molar-refractivity contribution is -0.131. The number of hydrogen-bond acceptors (Lipinski definition) is 5. The lowest BCUT2D eigenvalue weighted by Gasteiger charge is -2.23. The maximum Gasteiger partial charge on any atom is 0.267 e. The summed E-state index contributed by atoms with van der Waals surface area (Å²) in [5.74, 6) is 0.223. The summed E-state index contributed by atoms with van der Waals surface area (Å²) >= 11 is 12.7. The maximum absolute atomic E-state index is 12.8. The van der Waals surface area contributed by atoms with E-state index in [-0.39, 0.29) is 5.91 Å². The Kier molecular flexibility index (Phi) is 6.59. The number of amides is 2. The van der Waals surface area contributed by atoms with Gasteiger partial charge in [-0.05, 0) is 30.7 Å². The van der Waals surface area contributed by atoms with Gasteiger partial charge in [0.05, 0.1) is 9.93 Å². The Bertz CT molecular complexity index is 954. The van der Waals surface area contributed by atoms with Crippen LogP contribution < -0.4 is 5.73 Å². The number of benzene rings is 1. The lowest BCUT2D eigenvalue weighted by Crippen LogP contribution is -2.46. The number of carbonyl (C=O) groups is 2. The van der Waals surface area contributed by atoms with Gasteiger partial charge in [-0.2, -0.15) is 0 Å². The lowest BCUT2D eigenvalue weighted by atomic mass is 10.1. The van der Waals surface area contributed by atoms with E-state index in [0.717, 1.165) is 30.2 Å². The second-order valence-electron chi connectivity index (χ2n) is 6.29. The molecular weight excluding hydrogens is 416 g/mol. The summed E-state index contributed by atoms with van der Waals surface area (Å²) in [6.45, 7) is 2.01. The van der Waals surface area contributed by atoms with Gasteiger partial charge >= 0.3 is 0 Å². The summed E-state index contributed by atoms with van der Waals surface area (Å²) < 4.78 is 6.15. The first-order valence-electron chi connectivity index (χ1n) is 8.83. The van der Waals surface area contributed by atoms with Crippen molar-refractivity contribution in [2.45, 2.75) is 32.2 Å². The molecule has 0 saturated carbocycles.